The number of benzene rings is 4. The van der Waals surface area contributed by atoms with Gasteiger partial charge in [0, 0.05) is 17.3 Å². The maximum absolute atomic E-state index is 4.78. The van der Waals surface area contributed by atoms with Crippen LogP contribution in [0.2, 0.25) is 0 Å². The topological polar surface area (TPSA) is 12.4 Å². The van der Waals surface area contributed by atoms with Crippen LogP contribution in [0.5, 0.6) is 0 Å². The van der Waals surface area contributed by atoms with Crippen LogP contribution in [0, 0.1) is 0 Å². The van der Waals surface area contributed by atoms with E-state index in [0.717, 1.165) is 16.8 Å². The van der Waals surface area contributed by atoms with Gasteiger partial charge in [-0.25, -0.2) is 0 Å². The van der Waals surface area contributed by atoms with Crippen LogP contribution < -0.4 is 0 Å². The third-order valence-electron chi connectivity index (χ3n) is 4.15. The van der Waals surface area contributed by atoms with Crippen LogP contribution in [0.3, 0.4) is 0 Å². The molecule has 0 bridgehead atoms. The van der Waals surface area contributed by atoms with Crippen molar-refractivity contribution in [2.24, 2.45) is 4.99 Å². The van der Waals surface area contributed by atoms with E-state index in [1.165, 1.54) is 16.3 Å². The molecule has 114 valence electrons. The zero-order valence-electron chi connectivity index (χ0n) is 13.3. The first-order valence-electron chi connectivity index (χ1n) is 8.08. The van der Waals surface area contributed by atoms with Crippen molar-refractivity contribution >= 4 is 22.7 Å². The number of rotatable bonds is 3. The number of hydrogen-bond acceptors (Lipinski definition) is 1. The molecule has 4 aromatic carbocycles. The highest BCUT2D eigenvalue weighted by atomic mass is 14.7. The molecule has 0 aromatic heterocycles. The highest BCUT2D eigenvalue weighted by molar-refractivity contribution is 6.00. The highest BCUT2D eigenvalue weighted by Crippen LogP contribution is 2.30. The normalized spacial score (nSPS) is 11.2. The first kappa shape index (κ1) is 14.4. The average Bonchev–Trinajstić information content (AvgIpc) is 2.67. The van der Waals surface area contributed by atoms with Gasteiger partial charge in [-0.05, 0) is 22.4 Å². The predicted molar refractivity (Wildman–Crippen MR) is 103 cm³/mol. The second-order valence-electron chi connectivity index (χ2n) is 5.71. The summed E-state index contributed by atoms with van der Waals surface area (Å²) in [4.78, 5) is 4.78. The number of hydrogen-bond donors (Lipinski definition) is 0. The largest absolute Gasteiger partial charge is 0.256 e. The first-order chi connectivity index (χ1) is 11.9. The third-order valence-corrected chi connectivity index (χ3v) is 4.15. The SMILES string of the molecule is C(=Nc1ccccc1-c1ccccc1)c1cccc2ccccc12. The predicted octanol–water partition coefficient (Wildman–Crippen LogP) is 6.26. The molecule has 4 aromatic rings. The Balaban J connectivity index is 1.77. The van der Waals surface area contributed by atoms with E-state index in [1.807, 2.05) is 18.3 Å². The summed E-state index contributed by atoms with van der Waals surface area (Å²) in [6.45, 7) is 0. The van der Waals surface area contributed by atoms with E-state index in [0.29, 0.717) is 0 Å². The van der Waals surface area contributed by atoms with Crippen LogP contribution in [0.4, 0.5) is 5.69 Å². The van der Waals surface area contributed by atoms with Crippen LogP contribution in [0.15, 0.2) is 102 Å². The number of aliphatic imine (C=N–C) groups is 1. The van der Waals surface area contributed by atoms with Gasteiger partial charge in [-0.1, -0.05) is 91.0 Å². The molecule has 0 aliphatic heterocycles. The van der Waals surface area contributed by atoms with E-state index < -0.39 is 0 Å². The molecular weight excluding hydrogens is 290 g/mol. The lowest BCUT2D eigenvalue weighted by Crippen LogP contribution is -1.84. The van der Waals surface area contributed by atoms with E-state index in [4.69, 9.17) is 4.99 Å². The molecule has 0 aliphatic carbocycles. The van der Waals surface area contributed by atoms with Crippen molar-refractivity contribution in [1.82, 2.24) is 0 Å². The maximum atomic E-state index is 4.78. The first-order valence-corrected chi connectivity index (χ1v) is 8.08. The minimum Gasteiger partial charge on any atom is -0.256 e. The van der Waals surface area contributed by atoms with E-state index in [2.05, 4.69) is 84.9 Å². The van der Waals surface area contributed by atoms with Gasteiger partial charge in [0.2, 0.25) is 0 Å². The molecule has 0 aliphatic rings. The Morgan fingerprint density at radius 3 is 2.21 bits per heavy atom. The third kappa shape index (κ3) is 2.84. The number of fused-ring (bicyclic) bond motifs is 1. The summed E-state index contributed by atoms with van der Waals surface area (Å²) in [6, 6.07) is 33.4. The van der Waals surface area contributed by atoms with Crippen molar-refractivity contribution in [2.75, 3.05) is 0 Å². The van der Waals surface area contributed by atoms with Gasteiger partial charge in [0.25, 0.3) is 0 Å². The van der Waals surface area contributed by atoms with Gasteiger partial charge in [0.1, 0.15) is 0 Å². The van der Waals surface area contributed by atoms with Crippen molar-refractivity contribution < 1.29 is 0 Å². The van der Waals surface area contributed by atoms with Gasteiger partial charge >= 0.3 is 0 Å². The highest BCUT2D eigenvalue weighted by Gasteiger charge is 2.03. The quantitative estimate of drug-likeness (QED) is 0.396. The Bertz CT molecular complexity index is 995. The lowest BCUT2D eigenvalue weighted by atomic mass is 10.0. The summed E-state index contributed by atoms with van der Waals surface area (Å²) in [7, 11) is 0. The molecule has 0 saturated heterocycles. The molecule has 0 atom stereocenters. The van der Waals surface area contributed by atoms with Gasteiger partial charge in [-0.3, -0.25) is 4.99 Å². The molecule has 1 heteroatoms. The van der Waals surface area contributed by atoms with E-state index in [1.54, 1.807) is 0 Å². The minimum absolute atomic E-state index is 0.983. The summed E-state index contributed by atoms with van der Waals surface area (Å²) < 4.78 is 0. The van der Waals surface area contributed by atoms with Gasteiger partial charge in [0.05, 0.1) is 5.69 Å². The molecule has 0 unspecified atom stereocenters. The van der Waals surface area contributed by atoms with Crippen molar-refractivity contribution in [3.05, 3.63) is 103 Å². The Labute approximate surface area is 141 Å². The van der Waals surface area contributed by atoms with E-state index >= 15 is 0 Å². The van der Waals surface area contributed by atoms with Crippen LogP contribution in [-0.4, -0.2) is 6.21 Å². The van der Waals surface area contributed by atoms with Gasteiger partial charge in [0.15, 0.2) is 0 Å². The molecule has 24 heavy (non-hydrogen) atoms. The van der Waals surface area contributed by atoms with Crippen LogP contribution in [-0.2, 0) is 0 Å². The fourth-order valence-corrected chi connectivity index (χ4v) is 2.95. The standard InChI is InChI=1S/C23H17N/c1-2-9-19(10-3-1)22-15-6-7-16-23(22)24-17-20-13-8-12-18-11-4-5-14-21(18)20/h1-17H. The molecule has 0 amide bonds. The zero-order chi connectivity index (χ0) is 16.2. The number of para-hydroxylation sites is 1. The molecular formula is C23H17N. The molecule has 0 fully saturated rings. The van der Waals surface area contributed by atoms with Crippen molar-refractivity contribution in [2.45, 2.75) is 0 Å². The second-order valence-corrected chi connectivity index (χ2v) is 5.71. The second kappa shape index (κ2) is 6.51. The molecule has 0 N–H and O–H groups in total. The summed E-state index contributed by atoms with van der Waals surface area (Å²) in [5, 5.41) is 2.46. The van der Waals surface area contributed by atoms with Gasteiger partial charge in [-0.15, -0.1) is 0 Å². The van der Waals surface area contributed by atoms with Gasteiger partial charge in [-0.2, -0.15) is 0 Å². The summed E-state index contributed by atoms with van der Waals surface area (Å²) in [6.07, 6.45) is 1.96. The Morgan fingerprint density at radius 1 is 0.583 bits per heavy atom. The Hall–Kier alpha value is -3.19. The fraction of sp³-hybridized carbons (Fsp3) is 0. The summed E-state index contributed by atoms with van der Waals surface area (Å²) >= 11 is 0. The Kier molecular flexibility index (Phi) is 3.91. The monoisotopic (exact) mass is 307 g/mol. The van der Waals surface area contributed by atoms with Gasteiger partial charge < -0.3 is 0 Å². The maximum Gasteiger partial charge on any atom is 0.0708 e. The van der Waals surface area contributed by atoms with Crippen molar-refractivity contribution in [1.29, 1.82) is 0 Å². The summed E-state index contributed by atoms with van der Waals surface area (Å²) in [5.41, 5.74) is 4.45. The molecule has 0 saturated carbocycles. The molecule has 1 nitrogen and oxygen atoms in total. The minimum atomic E-state index is 0.983. The molecule has 4 rings (SSSR count). The van der Waals surface area contributed by atoms with Crippen LogP contribution >= 0.6 is 0 Å². The lowest BCUT2D eigenvalue weighted by Gasteiger charge is -2.06. The van der Waals surface area contributed by atoms with Crippen LogP contribution in [0.1, 0.15) is 5.56 Å². The number of nitrogens with zero attached hydrogens (tertiary/aromatic N) is 1. The molecule has 0 heterocycles. The van der Waals surface area contributed by atoms with Crippen molar-refractivity contribution in [3.63, 3.8) is 0 Å². The fourth-order valence-electron chi connectivity index (χ4n) is 2.95. The van der Waals surface area contributed by atoms with Crippen LogP contribution in [0.25, 0.3) is 21.9 Å². The molecule has 0 spiro atoms. The average molecular weight is 307 g/mol. The Morgan fingerprint density at radius 2 is 1.29 bits per heavy atom. The zero-order valence-corrected chi connectivity index (χ0v) is 13.3. The lowest BCUT2D eigenvalue weighted by molar-refractivity contribution is 1.51. The summed E-state index contributed by atoms with van der Waals surface area (Å²) in [5.74, 6) is 0. The smallest absolute Gasteiger partial charge is 0.0708 e. The van der Waals surface area contributed by atoms with E-state index in [-0.39, 0.29) is 0 Å². The van der Waals surface area contributed by atoms with Crippen molar-refractivity contribution in [3.8, 4) is 11.1 Å². The van der Waals surface area contributed by atoms with E-state index in [9.17, 15) is 0 Å². The molecule has 0 radical (unpaired) electrons.